The highest BCUT2D eigenvalue weighted by Gasteiger charge is 2.15. The third kappa shape index (κ3) is 3.19. The molecule has 0 N–H and O–H groups in total. The number of ether oxygens (including phenoxy) is 1. The monoisotopic (exact) mass is 310 g/mol. The predicted octanol–water partition coefficient (Wildman–Crippen LogP) is 3.06. The number of imidazole rings is 1. The zero-order valence-corrected chi connectivity index (χ0v) is 13.9. The molecule has 0 aliphatic rings. The topological polar surface area (TPSA) is 43.2 Å². The third-order valence-corrected chi connectivity index (χ3v) is 3.79. The first-order valence-corrected chi connectivity index (χ1v) is 7.87. The minimum atomic E-state index is 0.628. The SMILES string of the molecule is CCn1cnc2c(-c3ccccc3)ncc(OCCN(C)C)c21. The summed E-state index contributed by atoms with van der Waals surface area (Å²) >= 11 is 0. The summed E-state index contributed by atoms with van der Waals surface area (Å²) in [6, 6.07) is 10.1. The van der Waals surface area contributed by atoms with Crippen LogP contribution < -0.4 is 4.74 Å². The van der Waals surface area contributed by atoms with Crippen LogP contribution in [0.25, 0.3) is 22.3 Å². The van der Waals surface area contributed by atoms with Crippen molar-refractivity contribution in [2.45, 2.75) is 13.5 Å². The molecule has 3 rings (SSSR count). The lowest BCUT2D eigenvalue weighted by molar-refractivity contribution is 0.262. The van der Waals surface area contributed by atoms with E-state index >= 15 is 0 Å². The van der Waals surface area contributed by atoms with Gasteiger partial charge in [0.1, 0.15) is 17.6 Å². The summed E-state index contributed by atoms with van der Waals surface area (Å²) in [5.41, 5.74) is 3.87. The van der Waals surface area contributed by atoms with Gasteiger partial charge in [-0.1, -0.05) is 30.3 Å². The number of aryl methyl sites for hydroxylation is 1. The van der Waals surface area contributed by atoms with Crippen LogP contribution in [0.3, 0.4) is 0 Å². The molecule has 0 saturated heterocycles. The fourth-order valence-corrected chi connectivity index (χ4v) is 2.55. The van der Waals surface area contributed by atoms with E-state index in [9.17, 15) is 0 Å². The summed E-state index contributed by atoms with van der Waals surface area (Å²) in [4.78, 5) is 11.3. The van der Waals surface area contributed by atoms with Gasteiger partial charge in [-0.05, 0) is 21.0 Å². The molecule has 0 atom stereocenters. The lowest BCUT2D eigenvalue weighted by Gasteiger charge is -2.13. The fourth-order valence-electron chi connectivity index (χ4n) is 2.55. The maximum atomic E-state index is 5.96. The standard InChI is InChI=1S/C18H22N4O/c1-4-22-13-20-17-16(14-8-6-5-7-9-14)19-12-15(18(17)22)23-11-10-21(2)3/h5-9,12-13H,4,10-11H2,1-3H3. The molecule has 2 aromatic heterocycles. The van der Waals surface area contributed by atoms with E-state index in [1.165, 1.54) is 0 Å². The smallest absolute Gasteiger partial charge is 0.163 e. The second-order valence-electron chi connectivity index (χ2n) is 5.72. The lowest BCUT2D eigenvalue weighted by atomic mass is 10.1. The second kappa shape index (κ2) is 6.79. The molecule has 0 saturated carbocycles. The molecule has 5 nitrogen and oxygen atoms in total. The Labute approximate surface area is 136 Å². The maximum Gasteiger partial charge on any atom is 0.163 e. The number of benzene rings is 1. The Hall–Kier alpha value is -2.40. The van der Waals surface area contributed by atoms with E-state index in [4.69, 9.17) is 4.74 Å². The Morgan fingerprint density at radius 3 is 2.61 bits per heavy atom. The summed E-state index contributed by atoms with van der Waals surface area (Å²) in [6.45, 7) is 4.44. The van der Waals surface area contributed by atoms with Gasteiger partial charge in [0.05, 0.1) is 18.2 Å². The van der Waals surface area contributed by atoms with Crippen LogP contribution in [-0.4, -0.2) is 46.7 Å². The Balaban J connectivity index is 2.04. The minimum absolute atomic E-state index is 0.628. The molecular formula is C18H22N4O. The van der Waals surface area contributed by atoms with E-state index < -0.39 is 0 Å². The van der Waals surface area contributed by atoms with Gasteiger partial charge in [-0.3, -0.25) is 0 Å². The van der Waals surface area contributed by atoms with Crippen molar-refractivity contribution in [3.8, 4) is 17.0 Å². The van der Waals surface area contributed by atoms with Gasteiger partial charge in [0, 0.05) is 18.7 Å². The number of fused-ring (bicyclic) bond motifs is 1. The molecule has 3 aromatic rings. The molecule has 120 valence electrons. The first kappa shape index (κ1) is 15.5. The summed E-state index contributed by atoms with van der Waals surface area (Å²) in [7, 11) is 4.07. The molecule has 1 aromatic carbocycles. The Morgan fingerprint density at radius 1 is 1.13 bits per heavy atom. The first-order valence-electron chi connectivity index (χ1n) is 7.87. The molecule has 0 bridgehead atoms. The minimum Gasteiger partial charge on any atom is -0.488 e. The Kier molecular flexibility index (Phi) is 4.57. The van der Waals surface area contributed by atoms with Gasteiger partial charge in [-0.15, -0.1) is 0 Å². The molecule has 0 radical (unpaired) electrons. The van der Waals surface area contributed by atoms with E-state index in [1.807, 2.05) is 44.8 Å². The molecule has 0 fully saturated rings. The molecule has 0 amide bonds. The van der Waals surface area contributed by atoms with Gasteiger partial charge < -0.3 is 14.2 Å². The van der Waals surface area contributed by atoms with Crippen LogP contribution in [0, 0.1) is 0 Å². The van der Waals surface area contributed by atoms with E-state index in [0.29, 0.717) is 6.61 Å². The van der Waals surface area contributed by atoms with Crippen LogP contribution >= 0.6 is 0 Å². The molecule has 0 unspecified atom stereocenters. The number of nitrogens with zero attached hydrogens (tertiary/aromatic N) is 4. The maximum absolute atomic E-state index is 5.96. The Bertz CT molecular complexity index is 780. The van der Waals surface area contributed by atoms with E-state index in [0.717, 1.165) is 41.1 Å². The van der Waals surface area contributed by atoms with Crippen LogP contribution in [0.1, 0.15) is 6.92 Å². The average molecular weight is 310 g/mol. The van der Waals surface area contributed by atoms with E-state index in [2.05, 4.69) is 38.5 Å². The largest absolute Gasteiger partial charge is 0.488 e. The predicted molar refractivity (Wildman–Crippen MR) is 92.7 cm³/mol. The van der Waals surface area contributed by atoms with Crippen LogP contribution in [0.4, 0.5) is 0 Å². The Morgan fingerprint density at radius 2 is 1.91 bits per heavy atom. The zero-order chi connectivity index (χ0) is 16.2. The number of pyridine rings is 1. The van der Waals surface area contributed by atoms with Crippen LogP contribution in [0.5, 0.6) is 5.75 Å². The van der Waals surface area contributed by atoms with Gasteiger partial charge in [-0.25, -0.2) is 9.97 Å². The van der Waals surface area contributed by atoms with Crippen molar-refractivity contribution in [2.75, 3.05) is 27.2 Å². The molecule has 5 heteroatoms. The summed E-state index contributed by atoms with van der Waals surface area (Å²) in [5, 5.41) is 0. The van der Waals surface area contributed by atoms with Crippen LogP contribution in [0.15, 0.2) is 42.9 Å². The van der Waals surface area contributed by atoms with E-state index in [1.54, 1.807) is 0 Å². The quantitative estimate of drug-likeness (QED) is 0.702. The normalized spacial score (nSPS) is 11.3. The summed E-state index contributed by atoms with van der Waals surface area (Å²) < 4.78 is 8.06. The third-order valence-electron chi connectivity index (χ3n) is 3.79. The molecule has 2 heterocycles. The van der Waals surface area contributed by atoms with Crippen molar-refractivity contribution >= 4 is 11.0 Å². The van der Waals surface area contributed by atoms with Crippen LogP contribution in [0.2, 0.25) is 0 Å². The zero-order valence-electron chi connectivity index (χ0n) is 13.9. The van der Waals surface area contributed by atoms with Gasteiger partial charge >= 0.3 is 0 Å². The number of hydrogen-bond donors (Lipinski definition) is 0. The molecule has 0 aliphatic carbocycles. The summed E-state index contributed by atoms with van der Waals surface area (Å²) in [5.74, 6) is 0.792. The number of likely N-dealkylation sites (N-methyl/N-ethyl adjacent to an activating group) is 1. The molecule has 0 aliphatic heterocycles. The van der Waals surface area contributed by atoms with Crippen molar-refractivity contribution < 1.29 is 4.74 Å². The molecule has 0 spiro atoms. The van der Waals surface area contributed by atoms with Gasteiger partial charge in [0.15, 0.2) is 5.75 Å². The highest BCUT2D eigenvalue weighted by molar-refractivity contribution is 5.93. The molecule has 23 heavy (non-hydrogen) atoms. The van der Waals surface area contributed by atoms with Gasteiger partial charge in [0.2, 0.25) is 0 Å². The van der Waals surface area contributed by atoms with Crippen molar-refractivity contribution in [3.63, 3.8) is 0 Å². The van der Waals surface area contributed by atoms with Gasteiger partial charge in [0.25, 0.3) is 0 Å². The van der Waals surface area contributed by atoms with Crippen molar-refractivity contribution in [1.82, 2.24) is 19.4 Å². The number of hydrogen-bond acceptors (Lipinski definition) is 4. The van der Waals surface area contributed by atoms with Crippen molar-refractivity contribution in [3.05, 3.63) is 42.9 Å². The second-order valence-corrected chi connectivity index (χ2v) is 5.72. The van der Waals surface area contributed by atoms with Gasteiger partial charge in [-0.2, -0.15) is 0 Å². The number of rotatable bonds is 6. The average Bonchev–Trinajstić information content (AvgIpc) is 3.00. The lowest BCUT2D eigenvalue weighted by Crippen LogP contribution is -2.19. The van der Waals surface area contributed by atoms with Crippen LogP contribution in [-0.2, 0) is 6.54 Å². The summed E-state index contributed by atoms with van der Waals surface area (Å²) in [6.07, 6.45) is 3.67. The van der Waals surface area contributed by atoms with Crippen molar-refractivity contribution in [1.29, 1.82) is 0 Å². The first-order chi connectivity index (χ1) is 11.2. The fraction of sp³-hybridized carbons (Fsp3) is 0.333. The highest BCUT2D eigenvalue weighted by atomic mass is 16.5. The van der Waals surface area contributed by atoms with Crippen molar-refractivity contribution in [2.24, 2.45) is 0 Å². The number of aromatic nitrogens is 3. The van der Waals surface area contributed by atoms with E-state index in [-0.39, 0.29) is 0 Å². The molecular weight excluding hydrogens is 288 g/mol. The highest BCUT2D eigenvalue weighted by Crippen LogP contribution is 2.31.